The quantitative estimate of drug-likeness (QED) is 0.837. The van der Waals surface area contributed by atoms with Gasteiger partial charge in [-0.15, -0.1) is 0 Å². The van der Waals surface area contributed by atoms with E-state index in [0.29, 0.717) is 10.2 Å². The van der Waals surface area contributed by atoms with Gasteiger partial charge in [0.2, 0.25) is 0 Å². The van der Waals surface area contributed by atoms with E-state index in [0.717, 1.165) is 0 Å². The van der Waals surface area contributed by atoms with Crippen LogP contribution in [0.2, 0.25) is 0 Å². The van der Waals surface area contributed by atoms with Gasteiger partial charge in [-0.25, -0.2) is 4.39 Å². The van der Waals surface area contributed by atoms with E-state index in [1.54, 1.807) is 6.07 Å². The molecule has 0 aliphatic heterocycles. The summed E-state index contributed by atoms with van der Waals surface area (Å²) in [6.45, 7) is -0.264. The molecular weight excluding hydrogens is 345 g/mol. The summed E-state index contributed by atoms with van der Waals surface area (Å²) >= 11 is 3.07. The summed E-state index contributed by atoms with van der Waals surface area (Å²) in [6, 6.07) is 8.63. The molecule has 7 heteroatoms. The number of nitrogens with one attached hydrogen (secondary N) is 1. The summed E-state index contributed by atoms with van der Waals surface area (Å²) in [7, 11) is 0. The van der Waals surface area contributed by atoms with Gasteiger partial charge in [0.25, 0.3) is 5.91 Å². The van der Waals surface area contributed by atoms with Crippen LogP contribution in [0, 0.1) is 5.82 Å². The molecule has 1 N–H and O–H groups in total. The van der Waals surface area contributed by atoms with E-state index in [2.05, 4.69) is 21.2 Å². The summed E-state index contributed by atoms with van der Waals surface area (Å²) in [5.41, 5.74) is 0.658. The zero-order chi connectivity index (χ0) is 15.2. The minimum absolute atomic E-state index is 0.0152. The van der Waals surface area contributed by atoms with E-state index in [1.165, 1.54) is 30.3 Å². The van der Waals surface area contributed by atoms with Gasteiger partial charge < -0.3 is 14.5 Å². The summed E-state index contributed by atoms with van der Waals surface area (Å²) in [4.78, 5) is 23.1. The van der Waals surface area contributed by atoms with Crippen LogP contribution in [0.5, 0.6) is 0 Å². The third-order valence-corrected chi connectivity index (χ3v) is 2.93. The second-order valence-electron chi connectivity index (χ2n) is 4.07. The standard InChI is InChI=1S/C14H11BrFNO4/c15-12-6-5-11(21-12)14(19)17-7-13(18)20-8-9-1-3-10(16)4-2-9/h1-6H,7-8H2,(H,17,19). The minimum Gasteiger partial charge on any atom is -0.460 e. The van der Waals surface area contributed by atoms with Gasteiger partial charge in [-0.3, -0.25) is 9.59 Å². The molecule has 5 nitrogen and oxygen atoms in total. The van der Waals surface area contributed by atoms with Crippen molar-refractivity contribution in [2.75, 3.05) is 6.54 Å². The Morgan fingerprint density at radius 1 is 1.19 bits per heavy atom. The highest BCUT2D eigenvalue weighted by Gasteiger charge is 2.12. The average molecular weight is 356 g/mol. The van der Waals surface area contributed by atoms with Gasteiger partial charge in [0.05, 0.1) is 0 Å². The zero-order valence-electron chi connectivity index (χ0n) is 10.8. The summed E-state index contributed by atoms with van der Waals surface area (Å²) in [6.07, 6.45) is 0. The number of carbonyl (C=O) groups is 2. The number of esters is 1. The van der Waals surface area contributed by atoms with Crippen LogP contribution >= 0.6 is 15.9 Å². The summed E-state index contributed by atoms with van der Waals surface area (Å²) in [5.74, 6) is -1.38. The van der Waals surface area contributed by atoms with E-state index in [1.807, 2.05) is 0 Å². The number of amides is 1. The lowest BCUT2D eigenvalue weighted by Gasteiger charge is -2.05. The van der Waals surface area contributed by atoms with E-state index in [4.69, 9.17) is 9.15 Å². The van der Waals surface area contributed by atoms with Crippen molar-refractivity contribution in [2.45, 2.75) is 6.61 Å². The molecule has 0 radical (unpaired) electrons. The lowest BCUT2D eigenvalue weighted by Crippen LogP contribution is -2.30. The lowest BCUT2D eigenvalue weighted by atomic mass is 10.2. The molecule has 21 heavy (non-hydrogen) atoms. The Kier molecular flexibility index (Phi) is 5.10. The molecule has 0 atom stereocenters. The number of hydrogen-bond donors (Lipinski definition) is 1. The van der Waals surface area contributed by atoms with E-state index in [-0.39, 0.29) is 24.7 Å². The predicted molar refractivity (Wildman–Crippen MR) is 74.9 cm³/mol. The molecule has 0 aliphatic carbocycles. The molecule has 0 unspecified atom stereocenters. The molecule has 1 heterocycles. The second kappa shape index (κ2) is 7.03. The van der Waals surface area contributed by atoms with Crippen molar-refractivity contribution < 1.29 is 23.1 Å². The third kappa shape index (κ3) is 4.71. The maximum absolute atomic E-state index is 12.7. The smallest absolute Gasteiger partial charge is 0.325 e. The number of benzene rings is 1. The molecule has 1 aromatic heterocycles. The van der Waals surface area contributed by atoms with Gasteiger partial charge in [0, 0.05) is 0 Å². The number of furan rings is 1. The Morgan fingerprint density at radius 2 is 1.90 bits per heavy atom. The molecule has 110 valence electrons. The maximum Gasteiger partial charge on any atom is 0.325 e. The number of halogens is 2. The van der Waals surface area contributed by atoms with Crippen molar-refractivity contribution in [1.29, 1.82) is 0 Å². The van der Waals surface area contributed by atoms with Crippen LogP contribution in [0.4, 0.5) is 4.39 Å². The highest BCUT2D eigenvalue weighted by atomic mass is 79.9. The highest BCUT2D eigenvalue weighted by Crippen LogP contribution is 2.13. The number of hydrogen-bond acceptors (Lipinski definition) is 4. The van der Waals surface area contributed by atoms with Crippen molar-refractivity contribution in [2.24, 2.45) is 0 Å². The number of carbonyl (C=O) groups excluding carboxylic acids is 2. The van der Waals surface area contributed by atoms with E-state index in [9.17, 15) is 14.0 Å². The van der Waals surface area contributed by atoms with Gasteiger partial charge >= 0.3 is 5.97 Å². The molecule has 2 aromatic rings. The third-order valence-electron chi connectivity index (χ3n) is 2.50. The molecule has 1 aromatic carbocycles. The molecule has 0 aliphatic rings. The van der Waals surface area contributed by atoms with E-state index < -0.39 is 11.9 Å². The fraction of sp³-hybridized carbons (Fsp3) is 0.143. The van der Waals surface area contributed by atoms with Gasteiger partial charge in [0.15, 0.2) is 10.4 Å². The van der Waals surface area contributed by atoms with Crippen LogP contribution in [0.25, 0.3) is 0 Å². The first-order valence-corrected chi connectivity index (χ1v) is 6.77. The Labute approximate surface area is 128 Å². The molecular formula is C14H11BrFNO4. The highest BCUT2D eigenvalue weighted by molar-refractivity contribution is 9.10. The molecule has 2 rings (SSSR count). The van der Waals surface area contributed by atoms with Gasteiger partial charge in [-0.05, 0) is 45.8 Å². The normalized spacial score (nSPS) is 10.2. The van der Waals surface area contributed by atoms with Crippen molar-refractivity contribution in [3.05, 3.63) is 58.2 Å². The van der Waals surface area contributed by atoms with Crippen molar-refractivity contribution in [3.63, 3.8) is 0 Å². The SMILES string of the molecule is O=C(CNC(=O)c1ccc(Br)o1)OCc1ccc(F)cc1. The molecule has 0 fully saturated rings. The first-order chi connectivity index (χ1) is 10.0. The molecule has 0 saturated heterocycles. The summed E-state index contributed by atoms with van der Waals surface area (Å²) < 4.78 is 23.1. The van der Waals surface area contributed by atoms with Crippen LogP contribution in [0.1, 0.15) is 16.1 Å². The topological polar surface area (TPSA) is 68.5 Å². The number of rotatable bonds is 5. The van der Waals surface area contributed by atoms with Gasteiger partial charge in [-0.2, -0.15) is 0 Å². The van der Waals surface area contributed by atoms with Gasteiger partial charge in [0.1, 0.15) is 19.0 Å². The van der Waals surface area contributed by atoms with Gasteiger partial charge in [-0.1, -0.05) is 12.1 Å². The Hall–Kier alpha value is -2.15. The van der Waals surface area contributed by atoms with Crippen molar-refractivity contribution >= 4 is 27.8 Å². The predicted octanol–water partition coefficient (Wildman–Crippen LogP) is 2.65. The molecule has 0 saturated carbocycles. The maximum atomic E-state index is 12.7. The first kappa shape index (κ1) is 15.2. The van der Waals surface area contributed by atoms with Crippen LogP contribution in [-0.4, -0.2) is 18.4 Å². The van der Waals surface area contributed by atoms with Crippen LogP contribution in [0.3, 0.4) is 0 Å². The van der Waals surface area contributed by atoms with Crippen LogP contribution < -0.4 is 5.32 Å². The fourth-order valence-electron chi connectivity index (χ4n) is 1.47. The molecule has 0 bridgehead atoms. The first-order valence-electron chi connectivity index (χ1n) is 5.98. The zero-order valence-corrected chi connectivity index (χ0v) is 12.4. The Bertz CT molecular complexity index is 639. The monoisotopic (exact) mass is 355 g/mol. The largest absolute Gasteiger partial charge is 0.460 e. The van der Waals surface area contributed by atoms with Crippen molar-refractivity contribution in [1.82, 2.24) is 5.32 Å². The van der Waals surface area contributed by atoms with Crippen molar-refractivity contribution in [3.8, 4) is 0 Å². The van der Waals surface area contributed by atoms with Crippen LogP contribution in [0.15, 0.2) is 45.5 Å². The Morgan fingerprint density at radius 3 is 2.52 bits per heavy atom. The summed E-state index contributed by atoms with van der Waals surface area (Å²) in [5, 5.41) is 2.37. The second-order valence-corrected chi connectivity index (χ2v) is 4.86. The van der Waals surface area contributed by atoms with Crippen LogP contribution in [-0.2, 0) is 16.1 Å². The average Bonchev–Trinajstić information content (AvgIpc) is 2.91. The lowest BCUT2D eigenvalue weighted by molar-refractivity contribution is -0.143. The minimum atomic E-state index is -0.599. The number of ether oxygens (including phenoxy) is 1. The fourth-order valence-corrected chi connectivity index (χ4v) is 1.78. The Balaban J connectivity index is 1.74. The molecule has 0 spiro atoms. The van der Waals surface area contributed by atoms with E-state index >= 15 is 0 Å². The molecule has 1 amide bonds.